The van der Waals surface area contributed by atoms with Crippen molar-refractivity contribution in [1.29, 1.82) is 0 Å². The summed E-state index contributed by atoms with van der Waals surface area (Å²) in [6.07, 6.45) is 7.61. The van der Waals surface area contributed by atoms with Gasteiger partial charge >= 0.3 is 0 Å². The molecule has 0 spiro atoms. The first kappa shape index (κ1) is 14.3. The van der Waals surface area contributed by atoms with Gasteiger partial charge in [-0.25, -0.2) is 4.98 Å². The van der Waals surface area contributed by atoms with Crippen molar-refractivity contribution in [3.8, 4) is 0 Å². The van der Waals surface area contributed by atoms with Crippen LogP contribution in [-0.4, -0.2) is 34.9 Å². The fourth-order valence-electron chi connectivity index (χ4n) is 2.44. The first-order valence-electron chi connectivity index (χ1n) is 6.67. The average molecular weight is 280 g/mol. The van der Waals surface area contributed by atoms with Gasteiger partial charge in [0, 0.05) is 12.7 Å². The second kappa shape index (κ2) is 6.91. The lowest BCUT2D eigenvalue weighted by Crippen LogP contribution is -2.35. The van der Waals surface area contributed by atoms with E-state index in [1.54, 1.807) is 24.0 Å². The van der Waals surface area contributed by atoms with Gasteiger partial charge in [-0.15, -0.1) is 11.8 Å². The van der Waals surface area contributed by atoms with Crippen molar-refractivity contribution in [2.75, 3.05) is 12.8 Å². The van der Waals surface area contributed by atoms with Crippen LogP contribution in [0.5, 0.6) is 0 Å². The maximum absolute atomic E-state index is 11.9. The lowest BCUT2D eigenvalue weighted by molar-refractivity contribution is 0.0840. The van der Waals surface area contributed by atoms with Crippen LogP contribution in [0, 0.1) is 5.92 Å². The van der Waals surface area contributed by atoms with Gasteiger partial charge < -0.3 is 10.4 Å². The zero-order valence-corrected chi connectivity index (χ0v) is 11.9. The van der Waals surface area contributed by atoms with Crippen molar-refractivity contribution in [2.24, 2.45) is 5.92 Å². The average Bonchev–Trinajstić information content (AvgIpc) is 2.98. The van der Waals surface area contributed by atoms with Crippen LogP contribution in [0.1, 0.15) is 36.0 Å². The number of carbonyl (C=O) groups is 1. The summed E-state index contributed by atoms with van der Waals surface area (Å²) in [6, 6.07) is 3.59. The van der Waals surface area contributed by atoms with Crippen LogP contribution in [-0.2, 0) is 0 Å². The number of aliphatic hydroxyl groups excluding tert-OH is 1. The molecule has 104 valence electrons. The minimum absolute atomic E-state index is 0.169. The monoisotopic (exact) mass is 280 g/mol. The van der Waals surface area contributed by atoms with Gasteiger partial charge in [-0.05, 0) is 37.1 Å². The molecular formula is C14H20N2O2S. The number of carbonyl (C=O) groups excluding carboxylic acids is 1. The van der Waals surface area contributed by atoms with Crippen molar-refractivity contribution in [3.05, 3.63) is 23.9 Å². The highest BCUT2D eigenvalue weighted by molar-refractivity contribution is 7.98. The van der Waals surface area contributed by atoms with Crippen LogP contribution in [0.2, 0.25) is 0 Å². The van der Waals surface area contributed by atoms with Gasteiger partial charge in [0.1, 0.15) is 0 Å². The number of rotatable bonds is 5. The quantitative estimate of drug-likeness (QED) is 0.811. The molecule has 0 radical (unpaired) electrons. The van der Waals surface area contributed by atoms with Gasteiger partial charge in [-0.2, -0.15) is 0 Å². The van der Waals surface area contributed by atoms with E-state index in [0.29, 0.717) is 18.0 Å². The van der Waals surface area contributed by atoms with Gasteiger partial charge in [-0.1, -0.05) is 12.8 Å². The first-order valence-corrected chi connectivity index (χ1v) is 7.89. The standard InChI is InChI=1S/C14H20N2O2S/c1-19-13-7-6-11(8-15-13)14(18)16-9-12(17)10-4-2-3-5-10/h6-8,10,12,17H,2-5,9H2,1H3,(H,16,18). The van der Waals surface area contributed by atoms with Crippen LogP contribution >= 0.6 is 11.8 Å². The third-order valence-electron chi connectivity index (χ3n) is 3.62. The van der Waals surface area contributed by atoms with Crippen LogP contribution in [0.4, 0.5) is 0 Å². The Morgan fingerprint density at radius 1 is 1.53 bits per heavy atom. The molecule has 0 bridgehead atoms. The normalized spacial score (nSPS) is 17.4. The number of aliphatic hydroxyl groups is 1. The molecule has 1 heterocycles. The lowest BCUT2D eigenvalue weighted by atomic mass is 10.0. The Hall–Kier alpha value is -1.07. The largest absolute Gasteiger partial charge is 0.391 e. The molecule has 1 atom stereocenters. The number of pyridine rings is 1. The molecule has 1 fully saturated rings. The summed E-state index contributed by atoms with van der Waals surface area (Å²) in [7, 11) is 0. The number of amides is 1. The Bertz CT molecular complexity index is 416. The molecule has 1 aromatic rings. The van der Waals surface area contributed by atoms with Crippen LogP contribution in [0.3, 0.4) is 0 Å². The van der Waals surface area contributed by atoms with E-state index in [1.165, 1.54) is 12.8 Å². The summed E-state index contributed by atoms with van der Waals surface area (Å²) in [4.78, 5) is 16.1. The Morgan fingerprint density at radius 2 is 2.26 bits per heavy atom. The van der Waals surface area contributed by atoms with Gasteiger partial charge in [0.15, 0.2) is 0 Å². The second-order valence-corrected chi connectivity index (χ2v) is 5.74. The SMILES string of the molecule is CSc1ccc(C(=O)NCC(O)C2CCCC2)cn1. The van der Waals surface area contributed by atoms with Crippen molar-refractivity contribution >= 4 is 17.7 Å². The van der Waals surface area contributed by atoms with Crippen molar-refractivity contribution in [1.82, 2.24) is 10.3 Å². The molecule has 1 amide bonds. The fourth-order valence-corrected chi connectivity index (χ4v) is 2.81. The van der Waals surface area contributed by atoms with Crippen molar-refractivity contribution < 1.29 is 9.90 Å². The third-order valence-corrected chi connectivity index (χ3v) is 4.28. The highest BCUT2D eigenvalue weighted by atomic mass is 32.2. The smallest absolute Gasteiger partial charge is 0.252 e. The topological polar surface area (TPSA) is 62.2 Å². The van der Waals surface area contributed by atoms with E-state index in [2.05, 4.69) is 10.3 Å². The van der Waals surface area contributed by atoms with E-state index in [9.17, 15) is 9.90 Å². The van der Waals surface area contributed by atoms with E-state index >= 15 is 0 Å². The van der Waals surface area contributed by atoms with Crippen LogP contribution in [0.25, 0.3) is 0 Å². The van der Waals surface area contributed by atoms with Gasteiger partial charge in [-0.3, -0.25) is 4.79 Å². The molecule has 1 aliphatic carbocycles. The lowest BCUT2D eigenvalue weighted by Gasteiger charge is -2.18. The number of nitrogens with one attached hydrogen (secondary N) is 1. The molecule has 2 N–H and O–H groups in total. The minimum atomic E-state index is -0.426. The number of thioether (sulfide) groups is 1. The zero-order valence-electron chi connectivity index (χ0n) is 11.1. The highest BCUT2D eigenvalue weighted by Gasteiger charge is 2.23. The van der Waals surface area contributed by atoms with E-state index in [4.69, 9.17) is 0 Å². The van der Waals surface area contributed by atoms with Crippen LogP contribution < -0.4 is 5.32 Å². The first-order chi connectivity index (χ1) is 9.20. The zero-order chi connectivity index (χ0) is 13.7. The van der Waals surface area contributed by atoms with E-state index in [0.717, 1.165) is 17.9 Å². The number of hydrogen-bond acceptors (Lipinski definition) is 4. The molecule has 19 heavy (non-hydrogen) atoms. The Morgan fingerprint density at radius 3 is 2.84 bits per heavy atom. The molecular weight excluding hydrogens is 260 g/mol. The molecule has 0 saturated heterocycles. The summed E-state index contributed by atoms with van der Waals surface area (Å²) in [5, 5.41) is 13.7. The third kappa shape index (κ3) is 3.94. The molecule has 1 saturated carbocycles. The molecule has 5 heteroatoms. The molecule has 2 rings (SSSR count). The summed E-state index contributed by atoms with van der Waals surface area (Å²) in [5.41, 5.74) is 0.538. The summed E-state index contributed by atoms with van der Waals surface area (Å²) >= 11 is 1.54. The summed E-state index contributed by atoms with van der Waals surface area (Å²) in [5.74, 6) is 0.175. The molecule has 1 aromatic heterocycles. The van der Waals surface area contributed by atoms with Gasteiger partial charge in [0.2, 0.25) is 0 Å². The Labute approximate surface area is 118 Å². The maximum Gasteiger partial charge on any atom is 0.252 e. The molecule has 1 aliphatic rings. The van der Waals surface area contributed by atoms with Crippen molar-refractivity contribution in [2.45, 2.75) is 36.8 Å². The summed E-state index contributed by atoms with van der Waals surface area (Å²) in [6.45, 7) is 0.327. The summed E-state index contributed by atoms with van der Waals surface area (Å²) < 4.78 is 0. The molecule has 0 aromatic carbocycles. The van der Waals surface area contributed by atoms with Gasteiger partial charge in [0.05, 0.1) is 16.7 Å². The second-order valence-electron chi connectivity index (χ2n) is 4.91. The Balaban J connectivity index is 1.82. The maximum atomic E-state index is 11.9. The number of nitrogens with zero attached hydrogens (tertiary/aromatic N) is 1. The molecule has 1 unspecified atom stereocenters. The van der Waals surface area contributed by atoms with Gasteiger partial charge in [0.25, 0.3) is 5.91 Å². The van der Waals surface area contributed by atoms with Crippen LogP contribution in [0.15, 0.2) is 23.4 Å². The van der Waals surface area contributed by atoms with E-state index < -0.39 is 6.10 Å². The van der Waals surface area contributed by atoms with E-state index in [-0.39, 0.29) is 5.91 Å². The fraction of sp³-hybridized carbons (Fsp3) is 0.571. The minimum Gasteiger partial charge on any atom is -0.391 e. The molecule has 4 nitrogen and oxygen atoms in total. The molecule has 0 aliphatic heterocycles. The Kier molecular flexibility index (Phi) is 5.22. The predicted octanol–water partition coefficient (Wildman–Crippen LogP) is 2.08. The van der Waals surface area contributed by atoms with Crippen molar-refractivity contribution in [3.63, 3.8) is 0 Å². The highest BCUT2D eigenvalue weighted by Crippen LogP contribution is 2.27. The number of hydrogen-bond donors (Lipinski definition) is 2. The number of aromatic nitrogens is 1. The van der Waals surface area contributed by atoms with E-state index in [1.807, 2.05) is 12.3 Å². The predicted molar refractivity (Wildman–Crippen MR) is 76.3 cm³/mol.